The summed E-state index contributed by atoms with van der Waals surface area (Å²) in [6, 6.07) is 5.64. The van der Waals surface area contributed by atoms with Crippen molar-refractivity contribution in [2.45, 2.75) is 5.75 Å². The summed E-state index contributed by atoms with van der Waals surface area (Å²) in [6.45, 7) is 1.55. The van der Waals surface area contributed by atoms with E-state index >= 15 is 0 Å². The summed E-state index contributed by atoms with van der Waals surface area (Å²) < 4.78 is 39.8. The topological polar surface area (TPSA) is 53.5 Å². The molecule has 0 atom stereocenters. The molecule has 0 amide bonds. The molecule has 0 radical (unpaired) electrons. The molecule has 0 aliphatic carbocycles. The number of sulfonamides is 1. The van der Waals surface area contributed by atoms with Crippen LogP contribution in [0.1, 0.15) is 5.56 Å². The second-order valence-electron chi connectivity index (χ2n) is 5.72. The number of aromatic nitrogens is 1. The summed E-state index contributed by atoms with van der Waals surface area (Å²) >= 11 is 12.3. The molecule has 1 aliphatic heterocycles. The molecule has 0 spiro atoms. The number of rotatable bonds is 4. The van der Waals surface area contributed by atoms with Crippen LogP contribution in [-0.2, 0) is 15.8 Å². The van der Waals surface area contributed by atoms with Gasteiger partial charge in [0.05, 0.1) is 21.5 Å². The predicted octanol–water partition coefficient (Wildman–Crippen LogP) is 3.18. The average Bonchev–Trinajstić information content (AvgIpc) is 2.55. The Bertz CT molecular complexity index is 851. The Morgan fingerprint density at radius 3 is 2.32 bits per heavy atom. The highest BCUT2D eigenvalue weighted by atomic mass is 35.5. The lowest BCUT2D eigenvalue weighted by Crippen LogP contribution is -2.49. The van der Waals surface area contributed by atoms with Crippen molar-refractivity contribution in [3.63, 3.8) is 0 Å². The lowest BCUT2D eigenvalue weighted by molar-refractivity contribution is 0.384. The lowest BCUT2D eigenvalue weighted by atomic mass is 10.2. The van der Waals surface area contributed by atoms with Crippen molar-refractivity contribution in [1.29, 1.82) is 0 Å². The first-order valence-corrected chi connectivity index (χ1v) is 9.99. The van der Waals surface area contributed by atoms with E-state index < -0.39 is 15.8 Å². The van der Waals surface area contributed by atoms with Crippen LogP contribution in [0.25, 0.3) is 0 Å². The van der Waals surface area contributed by atoms with E-state index in [0.29, 0.717) is 47.5 Å². The van der Waals surface area contributed by atoms with Gasteiger partial charge in [0.2, 0.25) is 10.0 Å². The Balaban J connectivity index is 1.69. The molecule has 3 rings (SSSR count). The van der Waals surface area contributed by atoms with Gasteiger partial charge in [0, 0.05) is 38.6 Å². The van der Waals surface area contributed by atoms with Crippen molar-refractivity contribution in [1.82, 2.24) is 9.29 Å². The van der Waals surface area contributed by atoms with Crippen LogP contribution in [0, 0.1) is 5.82 Å². The van der Waals surface area contributed by atoms with Crippen LogP contribution in [0.3, 0.4) is 0 Å². The van der Waals surface area contributed by atoms with Gasteiger partial charge in [0.1, 0.15) is 5.82 Å². The number of benzene rings is 1. The molecule has 1 aromatic carbocycles. The summed E-state index contributed by atoms with van der Waals surface area (Å²) in [4.78, 5) is 5.86. The molecule has 0 saturated carbocycles. The van der Waals surface area contributed by atoms with E-state index in [1.165, 1.54) is 34.9 Å². The second kappa shape index (κ2) is 7.45. The molecular weight excluding hydrogens is 388 g/mol. The Morgan fingerprint density at radius 1 is 1.08 bits per heavy atom. The third kappa shape index (κ3) is 4.23. The average molecular weight is 404 g/mol. The standard InChI is InChI=1S/C16H16Cl2FN3O2S/c17-14-9-20-10-15(18)16(14)21-4-6-22(7-5-21)25(23,24)11-12-2-1-3-13(19)8-12/h1-3,8-10H,4-7,11H2. The molecule has 1 aromatic heterocycles. The minimum absolute atomic E-state index is 0.221. The highest BCUT2D eigenvalue weighted by Crippen LogP contribution is 2.33. The minimum atomic E-state index is -3.52. The Hall–Kier alpha value is -1.41. The third-order valence-corrected chi connectivity index (χ3v) is 6.42. The smallest absolute Gasteiger partial charge is 0.218 e. The van der Waals surface area contributed by atoms with Crippen molar-refractivity contribution in [2.75, 3.05) is 31.1 Å². The molecule has 1 fully saturated rings. The maximum absolute atomic E-state index is 13.3. The van der Waals surface area contributed by atoms with Gasteiger partial charge in [-0.05, 0) is 17.7 Å². The number of hydrogen-bond donors (Lipinski definition) is 0. The van der Waals surface area contributed by atoms with E-state index in [-0.39, 0.29) is 5.75 Å². The Labute approximate surface area is 156 Å². The number of nitrogens with zero attached hydrogens (tertiary/aromatic N) is 3. The molecule has 0 bridgehead atoms. The zero-order valence-corrected chi connectivity index (χ0v) is 15.5. The predicted molar refractivity (Wildman–Crippen MR) is 97.1 cm³/mol. The highest BCUT2D eigenvalue weighted by Gasteiger charge is 2.28. The fourth-order valence-electron chi connectivity index (χ4n) is 2.83. The quantitative estimate of drug-likeness (QED) is 0.786. The van der Waals surface area contributed by atoms with Crippen LogP contribution >= 0.6 is 23.2 Å². The van der Waals surface area contributed by atoms with Gasteiger partial charge in [-0.2, -0.15) is 4.31 Å². The van der Waals surface area contributed by atoms with Crippen LogP contribution in [0.15, 0.2) is 36.7 Å². The zero-order valence-electron chi connectivity index (χ0n) is 13.2. The Morgan fingerprint density at radius 2 is 1.72 bits per heavy atom. The van der Waals surface area contributed by atoms with Crippen molar-refractivity contribution < 1.29 is 12.8 Å². The molecule has 1 saturated heterocycles. The van der Waals surface area contributed by atoms with Gasteiger partial charge in [-0.25, -0.2) is 12.8 Å². The molecule has 0 N–H and O–H groups in total. The van der Waals surface area contributed by atoms with Gasteiger partial charge in [-0.1, -0.05) is 35.3 Å². The maximum atomic E-state index is 13.3. The third-order valence-electron chi connectivity index (χ3n) is 4.01. The maximum Gasteiger partial charge on any atom is 0.218 e. The van der Waals surface area contributed by atoms with Crippen LogP contribution in [0.5, 0.6) is 0 Å². The normalized spacial score (nSPS) is 16.2. The molecule has 2 aromatic rings. The van der Waals surface area contributed by atoms with Crippen LogP contribution < -0.4 is 4.90 Å². The van der Waals surface area contributed by atoms with Crippen LogP contribution in [0.4, 0.5) is 10.1 Å². The van der Waals surface area contributed by atoms with Crippen LogP contribution in [-0.4, -0.2) is 43.9 Å². The second-order valence-corrected chi connectivity index (χ2v) is 8.51. The molecule has 9 heteroatoms. The summed E-state index contributed by atoms with van der Waals surface area (Å²) in [5.74, 6) is -0.666. The first-order valence-electron chi connectivity index (χ1n) is 7.63. The van der Waals surface area contributed by atoms with Crippen LogP contribution in [0.2, 0.25) is 10.0 Å². The first kappa shape index (κ1) is 18.4. The van der Waals surface area contributed by atoms with Crippen molar-refractivity contribution in [3.05, 3.63) is 58.1 Å². The van der Waals surface area contributed by atoms with Gasteiger partial charge in [0.25, 0.3) is 0 Å². The van der Waals surface area contributed by atoms with E-state index in [4.69, 9.17) is 23.2 Å². The number of piperazine rings is 1. The molecule has 5 nitrogen and oxygen atoms in total. The number of anilines is 1. The van der Waals surface area contributed by atoms with Gasteiger partial charge in [0.15, 0.2) is 0 Å². The number of pyridine rings is 1. The fourth-order valence-corrected chi connectivity index (χ4v) is 4.93. The highest BCUT2D eigenvalue weighted by molar-refractivity contribution is 7.88. The largest absolute Gasteiger partial charge is 0.366 e. The molecule has 25 heavy (non-hydrogen) atoms. The monoisotopic (exact) mass is 403 g/mol. The molecule has 1 aliphatic rings. The lowest BCUT2D eigenvalue weighted by Gasteiger charge is -2.36. The fraction of sp³-hybridized carbons (Fsp3) is 0.312. The van der Waals surface area contributed by atoms with Crippen molar-refractivity contribution in [2.24, 2.45) is 0 Å². The van der Waals surface area contributed by atoms with E-state index in [0.717, 1.165) is 0 Å². The SMILES string of the molecule is O=S(=O)(Cc1cccc(F)c1)N1CCN(c2c(Cl)cncc2Cl)CC1. The molecule has 0 unspecified atom stereocenters. The number of hydrogen-bond acceptors (Lipinski definition) is 4. The summed E-state index contributed by atoms with van der Waals surface area (Å²) in [5, 5.41) is 0.868. The first-order chi connectivity index (χ1) is 11.9. The number of halogens is 3. The van der Waals surface area contributed by atoms with Gasteiger partial charge in [-0.15, -0.1) is 0 Å². The van der Waals surface area contributed by atoms with Crippen molar-refractivity contribution >= 4 is 38.9 Å². The van der Waals surface area contributed by atoms with E-state index in [1.54, 1.807) is 6.07 Å². The van der Waals surface area contributed by atoms with E-state index in [2.05, 4.69) is 4.98 Å². The molecule has 134 valence electrons. The van der Waals surface area contributed by atoms with Crippen molar-refractivity contribution in [3.8, 4) is 0 Å². The Kier molecular flexibility index (Phi) is 5.48. The minimum Gasteiger partial charge on any atom is -0.366 e. The van der Waals surface area contributed by atoms with E-state index in [9.17, 15) is 12.8 Å². The van der Waals surface area contributed by atoms with Gasteiger partial charge < -0.3 is 4.90 Å². The molecular formula is C16H16Cl2FN3O2S. The summed E-state index contributed by atoms with van der Waals surface area (Å²) in [6.07, 6.45) is 3.02. The van der Waals surface area contributed by atoms with Gasteiger partial charge in [-0.3, -0.25) is 4.98 Å². The summed E-state index contributed by atoms with van der Waals surface area (Å²) in [7, 11) is -3.52. The summed E-state index contributed by atoms with van der Waals surface area (Å²) in [5.41, 5.74) is 1.10. The van der Waals surface area contributed by atoms with Gasteiger partial charge >= 0.3 is 0 Å². The zero-order chi connectivity index (χ0) is 18.0. The molecule has 2 heterocycles. The van der Waals surface area contributed by atoms with E-state index in [1.807, 2.05) is 4.90 Å².